The smallest absolute Gasteiger partial charge is 0.262 e. The minimum Gasteiger partial charge on any atom is -0.380 e. The van der Waals surface area contributed by atoms with Crippen LogP contribution in [0.15, 0.2) is 5.03 Å². The summed E-state index contributed by atoms with van der Waals surface area (Å²) in [6, 6.07) is 0.277. The quantitative estimate of drug-likeness (QED) is 0.803. The lowest BCUT2D eigenvalue weighted by atomic mass is 10.2. The van der Waals surface area contributed by atoms with Crippen LogP contribution in [0, 0.1) is 6.92 Å². The molecule has 120 valence electrons. The summed E-state index contributed by atoms with van der Waals surface area (Å²) in [7, 11) is -1.96. The van der Waals surface area contributed by atoms with Crippen LogP contribution >= 0.6 is 0 Å². The van der Waals surface area contributed by atoms with Gasteiger partial charge in [-0.05, 0) is 13.3 Å². The standard InChI is InChI=1S/C13H24N4O3S/c1-9(2)14-7-12-10(3)15-16-13(12)21(18,19)17-6-5-11(8-17)20-4/h9,11,14H,5-8H2,1-4H3,(H,15,16). The molecule has 1 aliphatic rings. The first kappa shape index (κ1) is 16.4. The summed E-state index contributed by atoms with van der Waals surface area (Å²) in [5.41, 5.74) is 1.49. The fourth-order valence-electron chi connectivity index (χ4n) is 2.39. The normalized spacial score (nSPS) is 20.5. The lowest BCUT2D eigenvalue weighted by Gasteiger charge is -2.16. The highest BCUT2D eigenvalue weighted by Gasteiger charge is 2.35. The number of H-pyrrole nitrogens is 1. The number of rotatable bonds is 6. The molecule has 0 aromatic carbocycles. The summed E-state index contributed by atoms with van der Waals surface area (Å²) in [5, 5.41) is 10.2. The maximum atomic E-state index is 12.7. The molecular weight excluding hydrogens is 292 g/mol. The van der Waals surface area contributed by atoms with E-state index in [0.29, 0.717) is 25.2 Å². The van der Waals surface area contributed by atoms with Crippen LogP contribution in [0.2, 0.25) is 0 Å². The molecule has 0 amide bonds. The van der Waals surface area contributed by atoms with Gasteiger partial charge in [-0.1, -0.05) is 13.8 Å². The SMILES string of the molecule is COC1CCN(S(=O)(=O)c2n[nH]c(C)c2CNC(C)C)C1. The Morgan fingerprint density at radius 3 is 2.81 bits per heavy atom. The Bertz CT molecular complexity index is 582. The number of nitrogens with zero attached hydrogens (tertiary/aromatic N) is 2. The molecule has 1 aromatic heterocycles. The molecule has 1 atom stereocenters. The van der Waals surface area contributed by atoms with E-state index in [-0.39, 0.29) is 17.2 Å². The predicted octanol–water partition coefficient (Wildman–Crippen LogP) is 0.626. The molecule has 1 unspecified atom stereocenters. The van der Waals surface area contributed by atoms with Gasteiger partial charge < -0.3 is 10.1 Å². The Kier molecular flexibility index (Phi) is 5.03. The molecule has 1 aliphatic heterocycles. The third kappa shape index (κ3) is 3.45. The number of nitrogens with one attached hydrogen (secondary N) is 2. The van der Waals surface area contributed by atoms with Gasteiger partial charge in [-0.15, -0.1) is 0 Å². The van der Waals surface area contributed by atoms with E-state index in [1.165, 1.54) is 4.31 Å². The zero-order chi connectivity index (χ0) is 15.6. The van der Waals surface area contributed by atoms with E-state index in [2.05, 4.69) is 15.5 Å². The predicted molar refractivity (Wildman–Crippen MR) is 79.5 cm³/mol. The Morgan fingerprint density at radius 2 is 2.24 bits per heavy atom. The molecule has 2 rings (SSSR count). The maximum Gasteiger partial charge on any atom is 0.262 e. The van der Waals surface area contributed by atoms with Crippen LogP contribution in [-0.2, 0) is 21.3 Å². The van der Waals surface area contributed by atoms with Crippen LogP contribution in [0.5, 0.6) is 0 Å². The first-order valence-electron chi connectivity index (χ1n) is 7.16. The number of aromatic nitrogens is 2. The lowest BCUT2D eigenvalue weighted by molar-refractivity contribution is 0.115. The minimum atomic E-state index is -3.57. The van der Waals surface area contributed by atoms with E-state index in [1.807, 2.05) is 20.8 Å². The molecule has 2 N–H and O–H groups in total. The number of sulfonamides is 1. The van der Waals surface area contributed by atoms with Crippen molar-refractivity contribution < 1.29 is 13.2 Å². The summed E-state index contributed by atoms with van der Waals surface area (Å²) in [5.74, 6) is 0. The largest absolute Gasteiger partial charge is 0.380 e. The molecule has 7 nitrogen and oxygen atoms in total. The van der Waals surface area contributed by atoms with Crippen molar-refractivity contribution in [1.29, 1.82) is 0 Å². The molecule has 1 fully saturated rings. The molecule has 0 bridgehead atoms. The fraction of sp³-hybridized carbons (Fsp3) is 0.769. The minimum absolute atomic E-state index is 0.0305. The van der Waals surface area contributed by atoms with Crippen LogP contribution in [0.4, 0.5) is 0 Å². The first-order chi connectivity index (χ1) is 9.86. The number of aryl methyl sites for hydroxylation is 1. The van der Waals surface area contributed by atoms with Crippen molar-refractivity contribution in [3.63, 3.8) is 0 Å². The second-order valence-corrected chi connectivity index (χ2v) is 7.53. The molecule has 0 saturated carbocycles. The maximum absolute atomic E-state index is 12.7. The Labute approximate surface area is 126 Å². The van der Waals surface area contributed by atoms with Gasteiger partial charge in [0.25, 0.3) is 10.0 Å². The van der Waals surface area contributed by atoms with Gasteiger partial charge in [0.05, 0.1) is 6.10 Å². The van der Waals surface area contributed by atoms with Crippen molar-refractivity contribution in [2.24, 2.45) is 0 Å². The summed E-state index contributed by atoms with van der Waals surface area (Å²) >= 11 is 0. The zero-order valence-electron chi connectivity index (χ0n) is 13.0. The van der Waals surface area contributed by atoms with Crippen LogP contribution in [0.1, 0.15) is 31.5 Å². The van der Waals surface area contributed by atoms with Gasteiger partial charge in [0, 0.05) is 44.0 Å². The molecule has 1 aromatic rings. The van der Waals surface area contributed by atoms with Crippen LogP contribution < -0.4 is 5.32 Å². The van der Waals surface area contributed by atoms with Crippen molar-refractivity contribution >= 4 is 10.0 Å². The number of hydrogen-bond donors (Lipinski definition) is 2. The monoisotopic (exact) mass is 316 g/mol. The van der Waals surface area contributed by atoms with E-state index in [9.17, 15) is 8.42 Å². The molecule has 8 heteroatoms. The number of hydrogen-bond acceptors (Lipinski definition) is 5. The van der Waals surface area contributed by atoms with E-state index < -0.39 is 10.0 Å². The summed E-state index contributed by atoms with van der Waals surface area (Å²) in [4.78, 5) is 0. The van der Waals surface area contributed by atoms with Gasteiger partial charge in [-0.25, -0.2) is 8.42 Å². The third-order valence-corrected chi connectivity index (χ3v) is 5.59. The molecule has 1 saturated heterocycles. The average Bonchev–Trinajstić information content (AvgIpc) is 3.03. The first-order valence-corrected chi connectivity index (χ1v) is 8.60. The van der Waals surface area contributed by atoms with Crippen molar-refractivity contribution in [2.75, 3.05) is 20.2 Å². The van der Waals surface area contributed by atoms with Gasteiger partial charge in [-0.3, -0.25) is 5.10 Å². The lowest BCUT2D eigenvalue weighted by Crippen LogP contribution is -2.32. The zero-order valence-corrected chi connectivity index (χ0v) is 13.8. The highest BCUT2D eigenvalue weighted by Crippen LogP contribution is 2.24. The molecule has 2 heterocycles. The fourth-order valence-corrected chi connectivity index (χ4v) is 4.04. The van der Waals surface area contributed by atoms with Crippen LogP contribution in [-0.4, -0.2) is 55.3 Å². The number of aromatic amines is 1. The van der Waals surface area contributed by atoms with E-state index in [4.69, 9.17) is 4.74 Å². The molecule has 0 spiro atoms. The van der Waals surface area contributed by atoms with Crippen LogP contribution in [0.25, 0.3) is 0 Å². The van der Waals surface area contributed by atoms with Gasteiger partial charge in [0.2, 0.25) is 0 Å². The molecular formula is C13H24N4O3S. The van der Waals surface area contributed by atoms with Gasteiger partial charge >= 0.3 is 0 Å². The second kappa shape index (κ2) is 6.43. The Morgan fingerprint density at radius 1 is 1.52 bits per heavy atom. The Hall–Kier alpha value is -0.960. The topological polar surface area (TPSA) is 87.3 Å². The summed E-state index contributed by atoms with van der Waals surface area (Å²) in [6.45, 7) is 7.23. The van der Waals surface area contributed by atoms with Gasteiger partial charge in [0.15, 0.2) is 5.03 Å². The summed E-state index contributed by atoms with van der Waals surface area (Å²) in [6.07, 6.45) is 0.690. The van der Waals surface area contributed by atoms with Crippen molar-refractivity contribution in [2.45, 2.75) is 50.9 Å². The van der Waals surface area contributed by atoms with Crippen LogP contribution in [0.3, 0.4) is 0 Å². The van der Waals surface area contributed by atoms with Crippen molar-refractivity contribution in [3.8, 4) is 0 Å². The second-order valence-electron chi connectivity index (χ2n) is 5.68. The molecule has 0 aliphatic carbocycles. The van der Waals surface area contributed by atoms with Crippen molar-refractivity contribution in [3.05, 3.63) is 11.3 Å². The number of ether oxygens (including phenoxy) is 1. The third-order valence-electron chi connectivity index (χ3n) is 3.75. The summed E-state index contributed by atoms with van der Waals surface area (Å²) < 4.78 is 32.2. The molecule has 0 radical (unpaired) electrons. The van der Waals surface area contributed by atoms with E-state index >= 15 is 0 Å². The Balaban J connectivity index is 2.24. The highest BCUT2D eigenvalue weighted by molar-refractivity contribution is 7.89. The van der Waals surface area contributed by atoms with E-state index in [1.54, 1.807) is 7.11 Å². The highest BCUT2D eigenvalue weighted by atomic mass is 32.2. The van der Waals surface area contributed by atoms with Gasteiger partial charge in [0.1, 0.15) is 0 Å². The van der Waals surface area contributed by atoms with Gasteiger partial charge in [-0.2, -0.15) is 9.40 Å². The van der Waals surface area contributed by atoms with Crippen molar-refractivity contribution in [1.82, 2.24) is 19.8 Å². The van der Waals surface area contributed by atoms with E-state index in [0.717, 1.165) is 12.1 Å². The molecule has 21 heavy (non-hydrogen) atoms. The number of methoxy groups -OCH3 is 1. The average molecular weight is 316 g/mol.